The predicted octanol–water partition coefficient (Wildman–Crippen LogP) is 5.77. The minimum absolute atomic E-state index is 0.101. The molecule has 4 nitrogen and oxygen atoms in total. The van der Waals surface area contributed by atoms with Gasteiger partial charge in [-0.25, -0.2) is 4.98 Å². The molecule has 2 N–H and O–H groups in total. The minimum atomic E-state index is 0.101. The average molecular weight is 443 g/mol. The average Bonchev–Trinajstić information content (AvgIpc) is 3.23. The van der Waals surface area contributed by atoms with Gasteiger partial charge in [-0.15, -0.1) is 0 Å². The van der Waals surface area contributed by atoms with Crippen molar-refractivity contribution >= 4 is 40.4 Å². The van der Waals surface area contributed by atoms with E-state index in [2.05, 4.69) is 51.7 Å². The van der Waals surface area contributed by atoms with Crippen molar-refractivity contribution in [2.24, 2.45) is 5.92 Å². The van der Waals surface area contributed by atoms with Gasteiger partial charge in [-0.2, -0.15) is 0 Å². The normalized spacial score (nSPS) is 20.7. The Kier molecular flexibility index (Phi) is 6.79. The van der Waals surface area contributed by atoms with Crippen LogP contribution in [-0.4, -0.2) is 29.7 Å². The van der Waals surface area contributed by atoms with E-state index in [9.17, 15) is 0 Å². The quantitative estimate of drug-likeness (QED) is 0.575. The molecule has 1 aliphatic heterocycles. The van der Waals surface area contributed by atoms with Gasteiger partial charge in [-0.05, 0) is 73.6 Å². The first kappa shape index (κ1) is 21.4. The van der Waals surface area contributed by atoms with Crippen molar-refractivity contribution in [2.45, 2.75) is 50.9 Å². The topological polar surface area (TPSA) is 40.2 Å². The van der Waals surface area contributed by atoms with Gasteiger partial charge < -0.3 is 15.5 Å². The number of anilines is 2. The number of halogens is 1. The third kappa shape index (κ3) is 5.06. The number of nitrogens with zero attached hydrogens (tertiary/aromatic N) is 2. The molecular formula is C24H31ClN4S. The first-order chi connectivity index (χ1) is 14.5. The molecule has 1 aliphatic carbocycles. The maximum absolute atomic E-state index is 6.26. The van der Waals surface area contributed by atoms with Crippen LogP contribution < -0.4 is 15.5 Å². The van der Waals surface area contributed by atoms with Crippen molar-refractivity contribution in [3.63, 3.8) is 0 Å². The standard InChI is InChI=1S/C24H31ClN4S/c1-18-6-5-13-29(16-18)22-10-9-21(15-26-22)28-23(30)27-17-24(11-2-3-12-24)19-7-4-8-20(25)14-19/h4,7-10,14-15,18H,2-3,5-6,11-13,16-17H2,1H3,(H2,27,28,30)/t18-/m1/s1. The number of thiocarbonyl (C=S) groups is 1. The molecule has 0 bridgehead atoms. The second-order valence-corrected chi connectivity index (χ2v) is 9.75. The summed E-state index contributed by atoms with van der Waals surface area (Å²) in [6.45, 7) is 5.31. The molecule has 1 atom stereocenters. The van der Waals surface area contributed by atoms with Crippen molar-refractivity contribution in [1.29, 1.82) is 0 Å². The molecule has 1 saturated carbocycles. The Hall–Kier alpha value is -1.85. The predicted molar refractivity (Wildman–Crippen MR) is 131 cm³/mol. The summed E-state index contributed by atoms with van der Waals surface area (Å²) < 4.78 is 0. The van der Waals surface area contributed by atoms with E-state index in [1.165, 1.54) is 31.2 Å². The minimum Gasteiger partial charge on any atom is -0.362 e. The largest absolute Gasteiger partial charge is 0.362 e. The summed E-state index contributed by atoms with van der Waals surface area (Å²) in [7, 11) is 0. The van der Waals surface area contributed by atoms with Crippen LogP contribution in [0, 0.1) is 5.92 Å². The van der Waals surface area contributed by atoms with Crippen LogP contribution in [0.3, 0.4) is 0 Å². The zero-order valence-corrected chi connectivity index (χ0v) is 19.2. The van der Waals surface area contributed by atoms with Crippen molar-refractivity contribution in [3.8, 4) is 0 Å². The van der Waals surface area contributed by atoms with Gasteiger partial charge in [0.25, 0.3) is 0 Å². The maximum Gasteiger partial charge on any atom is 0.170 e. The van der Waals surface area contributed by atoms with Gasteiger partial charge in [0.15, 0.2) is 5.11 Å². The fraction of sp³-hybridized carbons (Fsp3) is 0.500. The van der Waals surface area contributed by atoms with E-state index in [4.69, 9.17) is 23.8 Å². The van der Waals surface area contributed by atoms with Crippen LogP contribution in [0.5, 0.6) is 0 Å². The molecule has 1 saturated heterocycles. The number of benzene rings is 1. The summed E-state index contributed by atoms with van der Waals surface area (Å²) in [5, 5.41) is 8.20. The Morgan fingerprint density at radius 2 is 2.07 bits per heavy atom. The number of piperidine rings is 1. The molecule has 2 fully saturated rings. The maximum atomic E-state index is 6.26. The Balaban J connectivity index is 1.35. The second-order valence-electron chi connectivity index (χ2n) is 8.90. The molecular weight excluding hydrogens is 412 g/mol. The summed E-state index contributed by atoms with van der Waals surface area (Å²) in [4.78, 5) is 7.04. The molecule has 0 radical (unpaired) electrons. The van der Waals surface area contributed by atoms with Gasteiger partial charge in [0.05, 0.1) is 11.9 Å². The first-order valence-electron chi connectivity index (χ1n) is 11.1. The van der Waals surface area contributed by atoms with Gasteiger partial charge in [-0.3, -0.25) is 0 Å². The molecule has 2 aromatic rings. The highest BCUT2D eigenvalue weighted by atomic mass is 35.5. The number of hydrogen-bond donors (Lipinski definition) is 2. The van der Waals surface area contributed by atoms with Crippen LogP contribution in [0.1, 0.15) is 51.0 Å². The molecule has 0 spiro atoms. The van der Waals surface area contributed by atoms with Gasteiger partial charge >= 0.3 is 0 Å². The van der Waals surface area contributed by atoms with Crippen molar-refractivity contribution < 1.29 is 0 Å². The van der Waals surface area contributed by atoms with Crippen LogP contribution >= 0.6 is 23.8 Å². The Labute approximate surface area is 190 Å². The van der Waals surface area contributed by atoms with Crippen LogP contribution in [0.25, 0.3) is 0 Å². The van der Waals surface area contributed by atoms with Gasteiger partial charge in [0.1, 0.15) is 5.82 Å². The van der Waals surface area contributed by atoms with Crippen LogP contribution in [0.2, 0.25) is 5.02 Å². The van der Waals surface area contributed by atoms with Crippen molar-refractivity contribution in [1.82, 2.24) is 10.3 Å². The highest BCUT2D eigenvalue weighted by Crippen LogP contribution is 2.41. The Bertz CT molecular complexity index is 864. The van der Waals surface area contributed by atoms with E-state index < -0.39 is 0 Å². The fourth-order valence-corrected chi connectivity index (χ4v) is 5.29. The third-order valence-electron chi connectivity index (χ3n) is 6.57. The lowest BCUT2D eigenvalue weighted by molar-refractivity contribution is 0.435. The van der Waals surface area contributed by atoms with Crippen molar-refractivity contribution in [2.75, 3.05) is 29.9 Å². The van der Waals surface area contributed by atoms with E-state index in [0.29, 0.717) is 5.11 Å². The lowest BCUT2D eigenvalue weighted by atomic mass is 9.79. The zero-order valence-electron chi connectivity index (χ0n) is 17.7. The molecule has 4 rings (SSSR count). The molecule has 0 unspecified atom stereocenters. The van der Waals surface area contributed by atoms with Gasteiger partial charge in [-0.1, -0.05) is 43.5 Å². The summed E-state index contributed by atoms with van der Waals surface area (Å²) >= 11 is 11.8. The van der Waals surface area contributed by atoms with Crippen LogP contribution in [0.15, 0.2) is 42.6 Å². The fourth-order valence-electron chi connectivity index (χ4n) is 4.91. The SMILES string of the molecule is C[C@@H]1CCCN(c2ccc(NC(=S)NCC3(c4cccc(Cl)c4)CCCC3)cn2)C1. The molecule has 1 aromatic heterocycles. The summed E-state index contributed by atoms with van der Waals surface area (Å²) in [6, 6.07) is 12.4. The second kappa shape index (κ2) is 9.52. The molecule has 2 heterocycles. The number of pyridine rings is 1. The smallest absolute Gasteiger partial charge is 0.170 e. The lowest BCUT2D eigenvalue weighted by Gasteiger charge is -2.32. The molecule has 0 amide bonds. The highest BCUT2D eigenvalue weighted by Gasteiger charge is 2.35. The summed E-state index contributed by atoms with van der Waals surface area (Å²) in [6.07, 6.45) is 9.24. The Morgan fingerprint density at radius 3 is 2.77 bits per heavy atom. The lowest BCUT2D eigenvalue weighted by Crippen LogP contribution is -2.40. The Morgan fingerprint density at radius 1 is 1.23 bits per heavy atom. The van der Waals surface area contributed by atoms with E-state index in [0.717, 1.165) is 54.9 Å². The van der Waals surface area contributed by atoms with Gasteiger partial charge in [0, 0.05) is 30.1 Å². The third-order valence-corrected chi connectivity index (χ3v) is 7.05. The van der Waals surface area contributed by atoms with Gasteiger partial charge in [0.2, 0.25) is 0 Å². The number of rotatable bonds is 5. The summed E-state index contributed by atoms with van der Waals surface area (Å²) in [5.41, 5.74) is 2.33. The monoisotopic (exact) mass is 442 g/mol. The molecule has 2 aliphatic rings. The van der Waals surface area contributed by atoms with E-state index in [-0.39, 0.29) is 5.41 Å². The first-order valence-corrected chi connectivity index (χ1v) is 11.8. The number of aromatic nitrogens is 1. The molecule has 160 valence electrons. The van der Waals surface area contributed by atoms with E-state index >= 15 is 0 Å². The van der Waals surface area contributed by atoms with E-state index in [1.807, 2.05) is 18.3 Å². The zero-order chi connectivity index (χ0) is 21.0. The number of hydrogen-bond acceptors (Lipinski definition) is 3. The highest BCUT2D eigenvalue weighted by molar-refractivity contribution is 7.80. The molecule has 1 aromatic carbocycles. The molecule has 6 heteroatoms. The van der Waals surface area contributed by atoms with Crippen LogP contribution in [0.4, 0.5) is 11.5 Å². The van der Waals surface area contributed by atoms with Crippen molar-refractivity contribution in [3.05, 3.63) is 53.2 Å². The molecule has 30 heavy (non-hydrogen) atoms. The summed E-state index contributed by atoms with van der Waals surface area (Å²) in [5.74, 6) is 1.79. The van der Waals surface area contributed by atoms with Crippen LogP contribution in [-0.2, 0) is 5.41 Å². The number of nitrogens with one attached hydrogen (secondary N) is 2. The van der Waals surface area contributed by atoms with E-state index in [1.54, 1.807) is 0 Å².